The van der Waals surface area contributed by atoms with Gasteiger partial charge in [0.2, 0.25) is 0 Å². The zero-order valence-corrected chi connectivity index (χ0v) is 10.4. The molecule has 0 spiro atoms. The largest absolute Gasteiger partial charge is 0.388 e. The van der Waals surface area contributed by atoms with Crippen molar-refractivity contribution in [3.05, 3.63) is 11.8 Å². The smallest absolute Gasteiger partial charge is 0.269 e. The number of nitrogens with one attached hydrogen (secondary N) is 2. The Kier molecular flexibility index (Phi) is 4.11. The summed E-state index contributed by atoms with van der Waals surface area (Å²) in [6.07, 6.45) is 0.623. The lowest BCUT2D eigenvalue weighted by molar-refractivity contribution is 0.0367. The predicted octanol–water partition coefficient (Wildman–Crippen LogP) is 0.519. The van der Waals surface area contributed by atoms with E-state index in [2.05, 4.69) is 15.5 Å². The summed E-state index contributed by atoms with van der Waals surface area (Å²) in [7, 11) is 0. The molecule has 1 aromatic heterocycles. The van der Waals surface area contributed by atoms with E-state index in [0.29, 0.717) is 18.0 Å². The van der Waals surface area contributed by atoms with Gasteiger partial charge in [-0.1, -0.05) is 13.8 Å². The number of carbonyl (C=O) groups is 1. The van der Waals surface area contributed by atoms with E-state index >= 15 is 0 Å². The highest BCUT2D eigenvalue weighted by atomic mass is 16.3. The highest BCUT2D eigenvalue weighted by Crippen LogP contribution is 2.15. The molecule has 1 amide bonds. The molecule has 0 bridgehead atoms. The van der Waals surface area contributed by atoms with E-state index in [1.165, 1.54) is 6.07 Å². The summed E-state index contributed by atoms with van der Waals surface area (Å²) in [5, 5.41) is 18.8. The standard InChI is InChI=1S/C11H20N4O2/c1-7(2)5-11(3,17)6-13-10(16)8-4-9(12)15-14-8/h4,7,17H,5-6H2,1-3H3,(H,13,16)(H3,12,14,15). The van der Waals surface area contributed by atoms with E-state index < -0.39 is 5.60 Å². The maximum absolute atomic E-state index is 11.6. The SMILES string of the molecule is CC(C)CC(C)(O)CNC(=O)c1cc(N)n[nH]1. The van der Waals surface area contributed by atoms with E-state index in [4.69, 9.17) is 5.73 Å². The van der Waals surface area contributed by atoms with Crippen LogP contribution in [0.1, 0.15) is 37.7 Å². The number of aromatic nitrogens is 2. The van der Waals surface area contributed by atoms with Crippen LogP contribution >= 0.6 is 0 Å². The first-order chi connectivity index (χ1) is 7.80. The second-order valence-corrected chi connectivity index (χ2v) is 4.98. The lowest BCUT2D eigenvalue weighted by Crippen LogP contribution is -2.41. The number of H-pyrrole nitrogens is 1. The molecule has 0 saturated carbocycles. The number of nitrogens with two attached hydrogens (primary N) is 1. The average molecular weight is 240 g/mol. The third-order valence-electron chi connectivity index (χ3n) is 2.32. The monoisotopic (exact) mass is 240 g/mol. The molecule has 0 fully saturated rings. The van der Waals surface area contributed by atoms with Gasteiger partial charge in [0.25, 0.3) is 5.91 Å². The zero-order valence-electron chi connectivity index (χ0n) is 10.4. The Morgan fingerprint density at radius 3 is 2.82 bits per heavy atom. The third-order valence-corrected chi connectivity index (χ3v) is 2.32. The second-order valence-electron chi connectivity index (χ2n) is 4.98. The van der Waals surface area contributed by atoms with Gasteiger partial charge in [0, 0.05) is 12.6 Å². The number of aromatic amines is 1. The van der Waals surface area contributed by atoms with Crippen LogP contribution in [0.15, 0.2) is 6.07 Å². The number of rotatable bonds is 5. The van der Waals surface area contributed by atoms with Crippen LogP contribution in [-0.4, -0.2) is 33.4 Å². The molecule has 1 aromatic rings. The molecule has 0 aliphatic carbocycles. The lowest BCUT2D eigenvalue weighted by Gasteiger charge is -2.25. The molecule has 0 aliphatic heterocycles. The van der Waals surface area contributed by atoms with Gasteiger partial charge in [0.05, 0.1) is 5.60 Å². The fraction of sp³-hybridized carbons (Fsp3) is 0.636. The minimum absolute atomic E-state index is 0.197. The van der Waals surface area contributed by atoms with Gasteiger partial charge in [-0.3, -0.25) is 9.89 Å². The van der Waals surface area contributed by atoms with Crippen LogP contribution in [0, 0.1) is 5.92 Å². The van der Waals surface area contributed by atoms with Gasteiger partial charge < -0.3 is 16.2 Å². The van der Waals surface area contributed by atoms with Crippen LogP contribution in [0.5, 0.6) is 0 Å². The maximum Gasteiger partial charge on any atom is 0.269 e. The molecule has 1 heterocycles. The van der Waals surface area contributed by atoms with Gasteiger partial charge in [0.1, 0.15) is 11.5 Å². The predicted molar refractivity (Wildman–Crippen MR) is 65.4 cm³/mol. The number of amides is 1. The van der Waals surface area contributed by atoms with Crippen molar-refractivity contribution in [2.75, 3.05) is 12.3 Å². The van der Waals surface area contributed by atoms with Gasteiger partial charge in [-0.15, -0.1) is 0 Å². The van der Waals surface area contributed by atoms with E-state index in [1.807, 2.05) is 13.8 Å². The van der Waals surface area contributed by atoms with Gasteiger partial charge in [-0.25, -0.2) is 0 Å². The van der Waals surface area contributed by atoms with E-state index in [0.717, 1.165) is 0 Å². The van der Waals surface area contributed by atoms with Crippen molar-refractivity contribution in [1.29, 1.82) is 0 Å². The number of carbonyl (C=O) groups excluding carboxylic acids is 1. The number of anilines is 1. The molecule has 5 N–H and O–H groups in total. The van der Waals surface area contributed by atoms with E-state index in [1.54, 1.807) is 6.92 Å². The summed E-state index contributed by atoms with van der Waals surface area (Å²) in [6.45, 7) is 5.94. The highest BCUT2D eigenvalue weighted by Gasteiger charge is 2.23. The van der Waals surface area contributed by atoms with E-state index in [-0.39, 0.29) is 18.3 Å². The topological polar surface area (TPSA) is 104 Å². The summed E-state index contributed by atoms with van der Waals surface area (Å²) in [4.78, 5) is 11.6. The number of nitrogen functional groups attached to an aromatic ring is 1. The Labute approximate surface area is 101 Å². The molecule has 0 saturated heterocycles. The Bertz CT molecular complexity index is 385. The lowest BCUT2D eigenvalue weighted by atomic mass is 9.94. The number of hydrogen-bond acceptors (Lipinski definition) is 4. The Morgan fingerprint density at radius 2 is 2.35 bits per heavy atom. The number of nitrogens with zero attached hydrogens (tertiary/aromatic N) is 1. The maximum atomic E-state index is 11.6. The summed E-state index contributed by atoms with van der Waals surface area (Å²) >= 11 is 0. The molecule has 1 atom stereocenters. The van der Waals surface area contributed by atoms with Crippen molar-refractivity contribution < 1.29 is 9.90 Å². The number of hydrogen-bond donors (Lipinski definition) is 4. The highest BCUT2D eigenvalue weighted by molar-refractivity contribution is 5.92. The fourth-order valence-electron chi connectivity index (χ4n) is 1.77. The fourth-order valence-corrected chi connectivity index (χ4v) is 1.77. The van der Waals surface area contributed by atoms with Crippen molar-refractivity contribution in [2.24, 2.45) is 5.92 Å². The summed E-state index contributed by atoms with van der Waals surface area (Å²) in [5.41, 5.74) is 4.78. The van der Waals surface area contributed by atoms with Crippen molar-refractivity contribution in [3.8, 4) is 0 Å². The van der Waals surface area contributed by atoms with Gasteiger partial charge in [0.15, 0.2) is 0 Å². The van der Waals surface area contributed by atoms with Crippen LogP contribution in [0.4, 0.5) is 5.82 Å². The molecule has 1 rings (SSSR count). The Balaban J connectivity index is 2.48. The minimum atomic E-state index is -0.907. The zero-order chi connectivity index (χ0) is 13.1. The van der Waals surface area contributed by atoms with Gasteiger partial charge in [-0.2, -0.15) is 5.10 Å². The molecule has 1 unspecified atom stereocenters. The molecule has 17 heavy (non-hydrogen) atoms. The molecular weight excluding hydrogens is 220 g/mol. The first kappa shape index (κ1) is 13.5. The first-order valence-corrected chi connectivity index (χ1v) is 5.61. The summed E-state index contributed by atoms with van der Waals surface area (Å²) in [5.74, 6) is 0.312. The van der Waals surface area contributed by atoms with Crippen LogP contribution in [0.3, 0.4) is 0 Å². The molecule has 0 aliphatic rings. The molecule has 0 aromatic carbocycles. The first-order valence-electron chi connectivity index (χ1n) is 5.61. The minimum Gasteiger partial charge on any atom is -0.388 e. The summed E-state index contributed by atoms with van der Waals surface area (Å²) in [6, 6.07) is 1.45. The van der Waals surface area contributed by atoms with Crippen LogP contribution in [0.2, 0.25) is 0 Å². The molecule has 6 heteroatoms. The Morgan fingerprint density at radius 1 is 1.71 bits per heavy atom. The quantitative estimate of drug-likeness (QED) is 0.602. The van der Waals surface area contributed by atoms with Crippen molar-refractivity contribution >= 4 is 11.7 Å². The van der Waals surface area contributed by atoms with Crippen LogP contribution in [-0.2, 0) is 0 Å². The normalized spacial score (nSPS) is 14.6. The summed E-state index contributed by atoms with van der Waals surface area (Å²) < 4.78 is 0. The number of aliphatic hydroxyl groups is 1. The van der Waals surface area contributed by atoms with Crippen molar-refractivity contribution in [2.45, 2.75) is 32.8 Å². The van der Waals surface area contributed by atoms with Crippen molar-refractivity contribution in [3.63, 3.8) is 0 Å². The molecule has 96 valence electrons. The van der Waals surface area contributed by atoms with Gasteiger partial charge >= 0.3 is 0 Å². The van der Waals surface area contributed by atoms with Gasteiger partial charge in [-0.05, 0) is 19.3 Å². The van der Waals surface area contributed by atoms with Crippen LogP contribution < -0.4 is 11.1 Å². The molecule has 0 radical (unpaired) electrons. The van der Waals surface area contributed by atoms with E-state index in [9.17, 15) is 9.90 Å². The molecule has 6 nitrogen and oxygen atoms in total. The van der Waals surface area contributed by atoms with Crippen molar-refractivity contribution in [1.82, 2.24) is 15.5 Å². The molecular formula is C11H20N4O2. The Hall–Kier alpha value is -1.56. The average Bonchev–Trinajstić information content (AvgIpc) is 2.59. The third kappa shape index (κ3) is 4.44. The second kappa shape index (κ2) is 5.18. The van der Waals surface area contributed by atoms with Crippen LogP contribution in [0.25, 0.3) is 0 Å².